The third-order valence-corrected chi connectivity index (χ3v) is 3.62. The fourth-order valence-corrected chi connectivity index (χ4v) is 2.56. The van der Waals surface area contributed by atoms with Gasteiger partial charge in [-0.25, -0.2) is 0 Å². The Labute approximate surface area is 115 Å². The second kappa shape index (κ2) is 5.46. The van der Waals surface area contributed by atoms with Crippen LogP contribution in [0.3, 0.4) is 0 Å². The smallest absolute Gasteiger partial charge is 0.324 e. The normalized spacial score (nSPS) is 21.6. The molecule has 1 aliphatic rings. The van der Waals surface area contributed by atoms with Crippen molar-refractivity contribution in [3.05, 3.63) is 33.9 Å². The number of nitro groups is 1. The molecule has 0 amide bonds. The summed E-state index contributed by atoms with van der Waals surface area (Å²) in [4.78, 5) is 21.8. The number of rotatable bonds is 5. The van der Waals surface area contributed by atoms with E-state index in [0.717, 1.165) is 6.42 Å². The van der Waals surface area contributed by atoms with Crippen molar-refractivity contribution < 1.29 is 19.6 Å². The van der Waals surface area contributed by atoms with Gasteiger partial charge in [-0.2, -0.15) is 0 Å². The average molecular weight is 280 g/mol. The molecule has 1 aromatic rings. The molecule has 0 bridgehead atoms. The van der Waals surface area contributed by atoms with E-state index in [9.17, 15) is 20.0 Å². The number of nitro benzene ring substituents is 1. The Morgan fingerprint density at radius 1 is 1.60 bits per heavy atom. The molecule has 2 rings (SSSR count). The van der Waals surface area contributed by atoms with E-state index in [1.807, 2.05) is 0 Å². The molecule has 1 heterocycles. The number of aliphatic carboxylic acids is 1. The number of nitrogens with one attached hydrogen (secondary N) is 1. The Balaban J connectivity index is 2.37. The number of nitrogens with zero attached hydrogens (tertiary/aromatic N) is 1. The second-order valence-electron chi connectivity index (χ2n) is 4.85. The summed E-state index contributed by atoms with van der Waals surface area (Å²) in [6, 6.07) is 4.22. The van der Waals surface area contributed by atoms with Crippen LogP contribution in [0.2, 0.25) is 0 Å². The lowest BCUT2D eigenvalue weighted by atomic mass is 9.89. The van der Waals surface area contributed by atoms with Gasteiger partial charge in [-0.3, -0.25) is 14.9 Å². The van der Waals surface area contributed by atoms with E-state index in [-0.39, 0.29) is 12.1 Å². The minimum Gasteiger partial charge on any atom is -0.496 e. The number of hydrogen-bond donors (Lipinski definition) is 2. The van der Waals surface area contributed by atoms with Gasteiger partial charge in [0.25, 0.3) is 5.69 Å². The third kappa shape index (κ3) is 2.57. The van der Waals surface area contributed by atoms with E-state index < -0.39 is 16.4 Å². The molecule has 0 saturated carbocycles. The quantitative estimate of drug-likeness (QED) is 0.623. The predicted molar refractivity (Wildman–Crippen MR) is 71.0 cm³/mol. The zero-order chi connectivity index (χ0) is 14.8. The highest BCUT2D eigenvalue weighted by atomic mass is 16.6. The van der Waals surface area contributed by atoms with E-state index >= 15 is 0 Å². The Hall–Kier alpha value is -2.15. The van der Waals surface area contributed by atoms with Gasteiger partial charge in [0.15, 0.2) is 0 Å². The van der Waals surface area contributed by atoms with Crippen molar-refractivity contribution in [1.82, 2.24) is 5.32 Å². The first-order chi connectivity index (χ1) is 9.48. The highest BCUT2D eigenvalue weighted by Gasteiger charge is 2.41. The van der Waals surface area contributed by atoms with Crippen molar-refractivity contribution in [3.8, 4) is 5.75 Å². The van der Waals surface area contributed by atoms with Crippen LogP contribution in [0.25, 0.3) is 0 Å². The third-order valence-electron chi connectivity index (χ3n) is 3.62. The second-order valence-corrected chi connectivity index (χ2v) is 4.85. The van der Waals surface area contributed by atoms with Crippen LogP contribution in [0.1, 0.15) is 18.4 Å². The Morgan fingerprint density at radius 2 is 2.35 bits per heavy atom. The minimum absolute atomic E-state index is 0.0701. The number of carbonyl (C=O) groups is 1. The van der Waals surface area contributed by atoms with Crippen LogP contribution in [0.4, 0.5) is 5.69 Å². The lowest BCUT2D eigenvalue weighted by Gasteiger charge is -2.25. The maximum Gasteiger partial charge on any atom is 0.324 e. The summed E-state index contributed by atoms with van der Waals surface area (Å²) in [5, 5.41) is 23.3. The van der Waals surface area contributed by atoms with Crippen molar-refractivity contribution in [2.24, 2.45) is 0 Å². The molecule has 7 heteroatoms. The molecule has 20 heavy (non-hydrogen) atoms. The molecule has 108 valence electrons. The van der Waals surface area contributed by atoms with Crippen LogP contribution >= 0.6 is 0 Å². The Kier molecular flexibility index (Phi) is 3.89. The number of carboxylic acid groups (broad SMARTS) is 1. The molecule has 7 nitrogen and oxygen atoms in total. The van der Waals surface area contributed by atoms with Crippen molar-refractivity contribution >= 4 is 11.7 Å². The van der Waals surface area contributed by atoms with Crippen molar-refractivity contribution in [2.75, 3.05) is 13.7 Å². The van der Waals surface area contributed by atoms with Gasteiger partial charge >= 0.3 is 5.97 Å². The highest BCUT2D eigenvalue weighted by molar-refractivity contribution is 5.80. The first-order valence-electron chi connectivity index (χ1n) is 6.28. The molecule has 0 aliphatic carbocycles. The number of ether oxygens (including phenoxy) is 1. The van der Waals surface area contributed by atoms with Crippen molar-refractivity contribution in [2.45, 2.75) is 24.8 Å². The maximum atomic E-state index is 11.5. The number of non-ortho nitro benzene ring substituents is 1. The SMILES string of the molecule is COc1ccc([N+](=O)[O-])cc1CC1(C(=O)O)CCCN1. The van der Waals surface area contributed by atoms with E-state index in [1.165, 1.54) is 25.3 Å². The summed E-state index contributed by atoms with van der Waals surface area (Å²) in [5.74, 6) is -0.478. The summed E-state index contributed by atoms with van der Waals surface area (Å²) in [6.07, 6.45) is 1.42. The summed E-state index contributed by atoms with van der Waals surface area (Å²) in [6.45, 7) is 0.629. The topological polar surface area (TPSA) is 102 Å². The number of benzene rings is 1. The number of carboxylic acids is 1. The van der Waals surface area contributed by atoms with Gasteiger partial charge in [-0.05, 0) is 25.5 Å². The van der Waals surface area contributed by atoms with Crippen LogP contribution in [0.5, 0.6) is 5.75 Å². The Bertz CT molecular complexity index is 538. The summed E-state index contributed by atoms with van der Waals surface area (Å²) < 4.78 is 5.17. The minimum atomic E-state index is -1.07. The molecule has 1 aromatic carbocycles. The van der Waals surface area contributed by atoms with Gasteiger partial charge in [0.1, 0.15) is 11.3 Å². The van der Waals surface area contributed by atoms with Gasteiger partial charge in [-0.1, -0.05) is 0 Å². The summed E-state index contributed by atoms with van der Waals surface area (Å²) >= 11 is 0. The van der Waals surface area contributed by atoms with Gasteiger partial charge < -0.3 is 15.2 Å². The fraction of sp³-hybridized carbons (Fsp3) is 0.462. The molecular formula is C13H16N2O5. The largest absolute Gasteiger partial charge is 0.496 e. The van der Waals surface area contributed by atoms with Crippen molar-refractivity contribution in [3.63, 3.8) is 0 Å². The standard InChI is InChI=1S/C13H16N2O5/c1-20-11-4-3-10(15(18)19)7-9(11)8-13(12(16)17)5-2-6-14-13/h3-4,7,14H,2,5-6,8H2,1H3,(H,16,17). The Morgan fingerprint density at radius 3 is 2.85 bits per heavy atom. The highest BCUT2D eigenvalue weighted by Crippen LogP contribution is 2.31. The molecule has 1 unspecified atom stereocenters. The van der Waals surface area contributed by atoms with Crippen molar-refractivity contribution in [1.29, 1.82) is 0 Å². The summed E-state index contributed by atoms with van der Waals surface area (Å²) in [5.41, 5.74) is -0.611. The van der Waals surface area contributed by atoms with E-state index in [2.05, 4.69) is 5.32 Å². The van der Waals surface area contributed by atoms with Crippen LogP contribution in [0, 0.1) is 10.1 Å². The molecule has 0 aromatic heterocycles. The van der Waals surface area contributed by atoms with Crippen LogP contribution in [0.15, 0.2) is 18.2 Å². The van der Waals surface area contributed by atoms with Crippen LogP contribution < -0.4 is 10.1 Å². The van der Waals surface area contributed by atoms with Gasteiger partial charge in [0, 0.05) is 24.1 Å². The lowest BCUT2D eigenvalue weighted by molar-refractivity contribution is -0.384. The van der Waals surface area contributed by atoms with Crippen LogP contribution in [-0.4, -0.2) is 35.2 Å². The molecule has 1 fully saturated rings. The number of methoxy groups -OCH3 is 1. The zero-order valence-corrected chi connectivity index (χ0v) is 11.1. The molecule has 2 N–H and O–H groups in total. The number of hydrogen-bond acceptors (Lipinski definition) is 5. The first-order valence-corrected chi connectivity index (χ1v) is 6.28. The van der Waals surface area contributed by atoms with Gasteiger partial charge in [0.2, 0.25) is 0 Å². The molecule has 0 spiro atoms. The lowest BCUT2D eigenvalue weighted by Crippen LogP contribution is -2.49. The molecule has 1 atom stereocenters. The molecule has 0 radical (unpaired) electrons. The van der Waals surface area contributed by atoms with Gasteiger partial charge in [-0.15, -0.1) is 0 Å². The predicted octanol–water partition coefficient (Wildman–Crippen LogP) is 1.35. The molecular weight excluding hydrogens is 264 g/mol. The zero-order valence-electron chi connectivity index (χ0n) is 11.1. The molecule has 1 saturated heterocycles. The fourth-order valence-electron chi connectivity index (χ4n) is 2.56. The van der Waals surface area contributed by atoms with E-state index in [4.69, 9.17) is 4.74 Å². The van der Waals surface area contributed by atoms with Crippen LogP contribution in [-0.2, 0) is 11.2 Å². The van der Waals surface area contributed by atoms with E-state index in [0.29, 0.717) is 24.3 Å². The van der Waals surface area contributed by atoms with Gasteiger partial charge in [0.05, 0.1) is 12.0 Å². The first kappa shape index (κ1) is 14.3. The average Bonchev–Trinajstić information content (AvgIpc) is 2.88. The van der Waals surface area contributed by atoms with E-state index in [1.54, 1.807) is 0 Å². The summed E-state index contributed by atoms with van der Waals surface area (Å²) in [7, 11) is 1.46. The molecule has 1 aliphatic heterocycles. The monoisotopic (exact) mass is 280 g/mol. The maximum absolute atomic E-state index is 11.5.